The Balaban J connectivity index is 1.51. The molecule has 5 heteroatoms. The van der Waals surface area contributed by atoms with Gasteiger partial charge in [0, 0.05) is 23.4 Å². The molecular formula is C22H23N3O2. The highest BCUT2D eigenvalue weighted by Crippen LogP contribution is 2.31. The Kier molecular flexibility index (Phi) is 4.44. The lowest BCUT2D eigenvalue weighted by molar-refractivity contribution is -0.115. The van der Waals surface area contributed by atoms with E-state index in [1.54, 1.807) is 0 Å². The van der Waals surface area contributed by atoms with Crippen molar-refractivity contribution in [2.24, 2.45) is 0 Å². The fraction of sp³-hybridized carbons (Fsp3) is 0.273. The van der Waals surface area contributed by atoms with Gasteiger partial charge in [0.15, 0.2) is 0 Å². The van der Waals surface area contributed by atoms with Crippen molar-refractivity contribution in [1.29, 1.82) is 0 Å². The number of rotatable bonds is 4. The monoisotopic (exact) mass is 361 g/mol. The molecule has 0 saturated carbocycles. The number of amides is 1. The van der Waals surface area contributed by atoms with Crippen LogP contribution in [0.3, 0.4) is 0 Å². The van der Waals surface area contributed by atoms with Crippen LogP contribution < -0.4 is 10.1 Å². The van der Waals surface area contributed by atoms with Gasteiger partial charge in [-0.2, -0.15) is 5.10 Å². The molecule has 1 aromatic heterocycles. The van der Waals surface area contributed by atoms with Gasteiger partial charge >= 0.3 is 0 Å². The van der Waals surface area contributed by atoms with Crippen LogP contribution >= 0.6 is 0 Å². The molecule has 27 heavy (non-hydrogen) atoms. The van der Waals surface area contributed by atoms with Crippen LogP contribution in [0.5, 0.6) is 5.75 Å². The van der Waals surface area contributed by atoms with E-state index < -0.39 is 0 Å². The number of para-hydroxylation sites is 1. The van der Waals surface area contributed by atoms with E-state index in [0.29, 0.717) is 6.42 Å². The first-order chi connectivity index (χ1) is 13.0. The van der Waals surface area contributed by atoms with Crippen molar-refractivity contribution in [3.63, 3.8) is 0 Å². The molecule has 0 aliphatic carbocycles. The molecule has 4 rings (SSSR count). The average Bonchev–Trinajstić information content (AvgIpc) is 3.15. The molecule has 3 aromatic rings. The van der Waals surface area contributed by atoms with Crippen LogP contribution in [0.25, 0.3) is 5.69 Å². The van der Waals surface area contributed by atoms with Gasteiger partial charge in [-0.15, -0.1) is 0 Å². The van der Waals surface area contributed by atoms with Crippen molar-refractivity contribution in [1.82, 2.24) is 9.78 Å². The van der Waals surface area contributed by atoms with E-state index in [-0.39, 0.29) is 12.0 Å². The maximum atomic E-state index is 12.6. The van der Waals surface area contributed by atoms with Crippen molar-refractivity contribution in [3.05, 3.63) is 71.0 Å². The lowest BCUT2D eigenvalue weighted by atomic mass is 10.1. The third-order valence-corrected chi connectivity index (χ3v) is 4.96. The van der Waals surface area contributed by atoms with Crippen LogP contribution in [0.15, 0.2) is 48.5 Å². The van der Waals surface area contributed by atoms with E-state index in [2.05, 4.69) is 10.4 Å². The number of aryl methyl sites for hydroxylation is 1. The van der Waals surface area contributed by atoms with Gasteiger partial charge in [-0.25, -0.2) is 4.68 Å². The highest BCUT2D eigenvalue weighted by atomic mass is 16.5. The summed E-state index contributed by atoms with van der Waals surface area (Å²) in [6, 6.07) is 15.8. The Morgan fingerprint density at radius 3 is 2.78 bits per heavy atom. The van der Waals surface area contributed by atoms with Gasteiger partial charge in [0.1, 0.15) is 11.9 Å². The van der Waals surface area contributed by atoms with Gasteiger partial charge in [0.05, 0.1) is 17.8 Å². The van der Waals surface area contributed by atoms with E-state index in [1.165, 1.54) is 0 Å². The number of fused-ring (bicyclic) bond motifs is 1. The van der Waals surface area contributed by atoms with Crippen molar-refractivity contribution in [2.75, 3.05) is 5.32 Å². The minimum Gasteiger partial charge on any atom is -0.490 e. The summed E-state index contributed by atoms with van der Waals surface area (Å²) in [5.74, 6) is 0.872. The van der Waals surface area contributed by atoms with Gasteiger partial charge in [0.2, 0.25) is 5.91 Å². The maximum Gasteiger partial charge on any atom is 0.228 e. The van der Waals surface area contributed by atoms with E-state index in [0.717, 1.165) is 46.1 Å². The number of hydrogen-bond donors (Lipinski definition) is 1. The second kappa shape index (κ2) is 6.91. The Bertz CT molecular complexity index is 992. The summed E-state index contributed by atoms with van der Waals surface area (Å²) in [5.41, 5.74) is 5.78. The van der Waals surface area contributed by atoms with E-state index in [1.807, 2.05) is 74.0 Å². The Morgan fingerprint density at radius 1 is 1.22 bits per heavy atom. The summed E-state index contributed by atoms with van der Waals surface area (Å²) in [6.07, 6.45) is 1.37. The fourth-order valence-corrected chi connectivity index (χ4v) is 3.62. The van der Waals surface area contributed by atoms with Crippen LogP contribution in [0.1, 0.15) is 29.4 Å². The van der Waals surface area contributed by atoms with Crippen molar-refractivity contribution >= 4 is 11.6 Å². The minimum atomic E-state index is -0.0410. The predicted molar refractivity (Wildman–Crippen MR) is 106 cm³/mol. The smallest absolute Gasteiger partial charge is 0.228 e. The summed E-state index contributed by atoms with van der Waals surface area (Å²) in [5, 5.41) is 7.62. The fourth-order valence-electron chi connectivity index (χ4n) is 3.62. The highest BCUT2D eigenvalue weighted by Gasteiger charge is 2.20. The third-order valence-electron chi connectivity index (χ3n) is 4.96. The van der Waals surface area contributed by atoms with Crippen LogP contribution in [0, 0.1) is 13.8 Å². The predicted octanol–water partition coefficient (Wildman–Crippen LogP) is 3.99. The molecule has 2 heterocycles. The highest BCUT2D eigenvalue weighted by molar-refractivity contribution is 5.92. The van der Waals surface area contributed by atoms with Gasteiger partial charge in [-0.1, -0.05) is 18.2 Å². The van der Waals surface area contributed by atoms with Crippen LogP contribution in [-0.4, -0.2) is 21.8 Å². The third kappa shape index (κ3) is 3.45. The number of nitrogens with zero attached hydrogens (tertiary/aromatic N) is 2. The summed E-state index contributed by atoms with van der Waals surface area (Å²) in [4.78, 5) is 12.6. The van der Waals surface area contributed by atoms with Gasteiger partial charge in [-0.3, -0.25) is 4.79 Å². The zero-order chi connectivity index (χ0) is 19.0. The number of aromatic nitrogens is 2. The molecule has 0 spiro atoms. The topological polar surface area (TPSA) is 56.2 Å². The van der Waals surface area contributed by atoms with Gasteiger partial charge in [-0.05, 0) is 56.7 Å². The van der Waals surface area contributed by atoms with Crippen LogP contribution in [0.4, 0.5) is 5.69 Å². The quantitative estimate of drug-likeness (QED) is 0.764. The molecule has 0 saturated heterocycles. The van der Waals surface area contributed by atoms with Crippen molar-refractivity contribution in [2.45, 2.75) is 39.7 Å². The van der Waals surface area contributed by atoms with E-state index >= 15 is 0 Å². The minimum absolute atomic E-state index is 0.0410. The number of benzene rings is 2. The lowest BCUT2D eigenvalue weighted by Gasteiger charge is -2.08. The number of anilines is 1. The molecule has 0 radical (unpaired) electrons. The maximum absolute atomic E-state index is 12.6. The molecule has 0 fully saturated rings. The molecule has 5 nitrogen and oxygen atoms in total. The molecule has 1 aliphatic rings. The van der Waals surface area contributed by atoms with E-state index in [4.69, 9.17) is 4.74 Å². The molecule has 1 unspecified atom stereocenters. The second-order valence-corrected chi connectivity index (χ2v) is 7.08. The van der Waals surface area contributed by atoms with Crippen LogP contribution in [-0.2, 0) is 17.6 Å². The number of carbonyl (C=O) groups is 1. The van der Waals surface area contributed by atoms with Gasteiger partial charge in [0.25, 0.3) is 0 Å². The average molecular weight is 361 g/mol. The molecule has 1 atom stereocenters. The van der Waals surface area contributed by atoms with Gasteiger partial charge < -0.3 is 10.1 Å². The number of ether oxygens (including phenoxy) is 1. The summed E-state index contributed by atoms with van der Waals surface area (Å²) >= 11 is 0. The summed E-state index contributed by atoms with van der Waals surface area (Å²) in [6.45, 7) is 6.00. The van der Waals surface area contributed by atoms with Crippen molar-refractivity contribution < 1.29 is 9.53 Å². The molecule has 138 valence electrons. The van der Waals surface area contributed by atoms with Crippen LogP contribution in [0.2, 0.25) is 0 Å². The summed E-state index contributed by atoms with van der Waals surface area (Å²) < 4.78 is 7.61. The number of carbonyl (C=O) groups excluding carboxylic acids is 1. The zero-order valence-corrected chi connectivity index (χ0v) is 15.8. The first-order valence-electron chi connectivity index (χ1n) is 9.21. The molecule has 1 aliphatic heterocycles. The zero-order valence-electron chi connectivity index (χ0n) is 15.8. The second-order valence-electron chi connectivity index (χ2n) is 7.08. The molecule has 1 N–H and O–H groups in total. The Morgan fingerprint density at radius 2 is 2.00 bits per heavy atom. The Hall–Kier alpha value is -3.08. The van der Waals surface area contributed by atoms with Crippen molar-refractivity contribution in [3.8, 4) is 11.4 Å². The normalized spacial score (nSPS) is 15.3. The molecule has 2 aromatic carbocycles. The lowest BCUT2D eigenvalue weighted by Crippen LogP contribution is -2.15. The molecular weight excluding hydrogens is 338 g/mol. The Labute approximate surface area is 159 Å². The number of hydrogen-bond acceptors (Lipinski definition) is 3. The largest absolute Gasteiger partial charge is 0.490 e. The first kappa shape index (κ1) is 17.3. The first-order valence-corrected chi connectivity index (χ1v) is 9.21. The summed E-state index contributed by atoms with van der Waals surface area (Å²) in [7, 11) is 0. The standard InChI is InChI=1S/C22H23N3O2/c1-14-11-17-12-18(9-10-21(17)27-14)23-22(26)13-20-15(2)24-25(16(20)3)19-7-5-4-6-8-19/h4-10,12,14H,11,13H2,1-3H3,(H,23,26). The molecule has 0 bridgehead atoms. The molecule has 1 amide bonds. The SMILES string of the molecule is Cc1nn(-c2ccccc2)c(C)c1CC(=O)Nc1ccc2c(c1)CC(C)O2. The number of nitrogens with one attached hydrogen (secondary N) is 1. The van der Waals surface area contributed by atoms with E-state index in [9.17, 15) is 4.79 Å².